The van der Waals surface area contributed by atoms with E-state index in [4.69, 9.17) is 5.73 Å². The number of rotatable bonds is 6. The summed E-state index contributed by atoms with van der Waals surface area (Å²) in [6.07, 6.45) is 2.03. The van der Waals surface area contributed by atoms with E-state index in [1.54, 1.807) is 14.1 Å². The minimum absolute atomic E-state index is 0.150. The van der Waals surface area contributed by atoms with Gasteiger partial charge < -0.3 is 10.6 Å². The van der Waals surface area contributed by atoms with E-state index in [1.807, 2.05) is 0 Å². The SMILES string of the molecule is CN(C)C(=O)c1ccc(S(=O)(=O)NC(CN)C2CC2)cc1. The fourth-order valence-corrected chi connectivity index (χ4v) is 3.46. The van der Waals surface area contributed by atoms with Gasteiger partial charge in [-0.3, -0.25) is 4.79 Å². The molecule has 1 aromatic carbocycles. The van der Waals surface area contributed by atoms with E-state index in [0.29, 0.717) is 18.0 Å². The number of nitrogens with two attached hydrogens (primary N) is 1. The van der Waals surface area contributed by atoms with Crippen LogP contribution in [-0.4, -0.2) is 45.9 Å². The third-order valence-corrected chi connectivity index (χ3v) is 5.08. The van der Waals surface area contributed by atoms with Crippen molar-refractivity contribution in [2.24, 2.45) is 11.7 Å². The largest absolute Gasteiger partial charge is 0.345 e. The van der Waals surface area contributed by atoms with Gasteiger partial charge in [0.25, 0.3) is 5.91 Å². The standard InChI is InChI=1S/C14H21N3O3S/c1-17(2)14(18)11-5-7-12(8-6-11)21(19,20)16-13(9-15)10-3-4-10/h5-8,10,13,16H,3-4,9,15H2,1-2H3. The van der Waals surface area contributed by atoms with Crippen molar-refractivity contribution in [3.05, 3.63) is 29.8 Å². The number of carbonyl (C=O) groups excluding carboxylic acids is 1. The molecule has 1 unspecified atom stereocenters. The Morgan fingerprint density at radius 1 is 1.33 bits per heavy atom. The van der Waals surface area contributed by atoms with Gasteiger partial charge in [-0.2, -0.15) is 0 Å². The van der Waals surface area contributed by atoms with Gasteiger partial charge in [0, 0.05) is 32.2 Å². The van der Waals surface area contributed by atoms with E-state index in [2.05, 4.69) is 4.72 Å². The molecule has 0 aliphatic heterocycles. The Labute approximate surface area is 125 Å². The van der Waals surface area contributed by atoms with Crippen LogP contribution >= 0.6 is 0 Å². The maximum Gasteiger partial charge on any atom is 0.253 e. The predicted octanol–water partition coefficient (Wildman–Crippen LogP) is 0.404. The molecule has 0 radical (unpaired) electrons. The number of nitrogens with zero attached hydrogens (tertiary/aromatic N) is 1. The molecule has 0 bridgehead atoms. The minimum atomic E-state index is -3.59. The van der Waals surface area contributed by atoms with Crippen molar-refractivity contribution in [3.8, 4) is 0 Å². The Kier molecular flexibility index (Phi) is 4.65. The summed E-state index contributed by atoms with van der Waals surface area (Å²) in [7, 11) is -0.297. The molecule has 1 aliphatic rings. The average molecular weight is 311 g/mol. The summed E-state index contributed by atoms with van der Waals surface area (Å²) in [6.45, 7) is 0.293. The lowest BCUT2D eigenvalue weighted by molar-refractivity contribution is 0.0827. The Balaban J connectivity index is 2.14. The summed E-state index contributed by atoms with van der Waals surface area (Å²) >= 11 is 0. The number of benzene rings is 1. The highest BCUT2D eigenvalue weighted by atomic mass is 32.2. The van der Waals surface area contributed by atoms with Crippen LogP contribution in [0.4, 0.5) is 0 Å². The highest BCUT2D eigenvalue weighted by Crippen LogP contribution is 2.32. The van der Waals surface area contributed by atoms with Crippen molar-refractivity contribution in [1.82, 2.24) is 9.62 Å². The second-order valence-corrected chi connectivity index (χ2v) is 7.24. The fraction of sp³-hybridized carbons (Fsp3) is 0.500. The van der Waals surface area contributed by atoms with Crippen molar-refractivity contribution in [2.45, 2.75) is 23.8 Å². The maximum absolute atomic E-state index is 12.3. The van der Waals surface area contributed by atoms with Crippen molar-refractivity contribution in [2.75, 3.05) is 20.6 Å². The zero-order chi connectivity index (χ0) is 15.6. The van der Waals surface area contributed by atoms with Crippen molar-refractivity contribution >= 4 is 15.9 Å². The first kappa shape index (κ1) is 15.9. The molecule has 3 N–H and O–H groups in total. The van der Waals surface area contributed by atoms with Crippen molar-refractivity contribution in [3.63, 3.8) is 0 Å². The lowest BCUT2D eigenvalue weighted by Gasteiger charge is -2.16. The van der Waals surface area contributed by atoms with Gasteiger partial charge >= 0.3 is 0 Å². The van der Waals surface area contributed by atoms with Gasteiger partial charge in [0.1, 0.15) is 0 Å². The number of carbonyl (C=O) groups is 1. The molecule has 1 atom stereocenters. The second kappa shape index (κ2) is 6.13. The van der Waals surface area contributed by atoms with Gasteiger partial charge in [-0.25, -0.2) is 13.1 Å². The fourth-order valence-electron chi connectivity index (χ4n) is 2.14. The summed E-state index contributed by atoms with van der Waals surface area (Å²) in [4.78, 5) is 13.4. The normalized spacial score (nSPS) is 16.5. The number of hydrogen-bond donors (Lipinski definition) is 2. The van der Waals surface area contributed by atoms with Crippen LogP contribution in [0.3, 0.4) is 0 Å². The van der Waals surface area contributed by atoms with Gasteiger partial charge in [0.15, 0.2) is 0 Å². The lowest BCUT2D eigenvalue weighted by Crippen LogP contribution is -2.41. The monoisotopic (exact) mass is 311 g/mol. The van der Waals surface area contributed by atoms with Crippen LogP contribution < -0.4 is 10.5 Å². The third kappa shape index (κ3) is 3.81. The first-order chi connectivity index (χ1) is 9.85. The van der Waals surface area contributed by atoms with Gasteiger partial charge in [0.2, 0.25) is 10.0 Å². The Bertz CT molecular complexity index is 607. The molecule has 1 aromatic rings. The first-order valence-corrected chi connectivity index (χ1v) is 8.37. The van der Waals surface area contributed by atoms with Gasteiger partial charge in [-0.05, 0) is 43.0 Å². The molecule has 1 aliphatic carbocycles. The highest BCUT2D eigenvalue weighted by Gasteiger charge is 2.33. The zero-order valence-corrected chi connectivity index (χ0v) is 13.1. The quantitative estimate of drug-likeness (QED) is 0.795. The topological polar surface area (TPSA) is 92.5 Å². The summed E-state index contributed by atoms with van der Waals surface area (Å²) < 4.78 is 27.2. The van der Waals surface area contributed by atoms with Crippen LogP contribution in [0.5, 0.6) is 0 Å². The maximum atomic E-state index is 12.3. The summed E-state index contributed by atoms with van der Waals surface area (Å²) in [5.74, 6) is 0.184. The number of sulfonamides is 1. The first-order valence-electron chi connectivity index (χ1n) is 6.89. The smallest absolute Gasteiger partial charge is 0.253 e. The van der Waals surface area contributed by atoms with Crippen LogP contribution in [0.15, 0.2) is 29.2 Å². The van der Waals surface area contributed by atoms with E-state index < -0.39 is 10.0 Å². The lowest BCUT2D eigenvalue weighted by atomic mass is 10.2. The molecule has 7 heteroatoms. The Morgan fingerprint density at radius 3 is 2.33 bits per heavy atom. The molecule has 21 heavy (non-hydrogen) atoms. The minimum Gasteiger partial charge on any atom is -0.345 e. The molecule has 1 saturated carbocycles. The van der Waals surface area contributed by atoms with E-state index in [0.717, 1.165) is 12.8 Å². The average Bonchev–Trinajstić information content (AvgIpc) is 3.28. The summed E-state index contributed by atoms with van der Waals surface area (Å²) in [5.41, 5.74) is 6.07. The van der Waals surface area contributed by atoms with E-state index >= 15 is 0 Å². The Hall–Kier alpha value is -1.44. The molecule has 6 nitrogen and oxygen atoms in total. The van der Waals surface area contributed by atoms with Gasteiger partial charge in [0.05, 0.1) is 4.90 Å². The second-order valence-electron chi connectivity index (χ2n) is 5.52. The summed E-state index contributed by atoms with van der Waals surface area (Å²) in [6, 6.07) is 5.72. The third-order valence-electron chi connectivity index (χ3n) is 3.57. The highest BCUT2D eigenvalue weighted by molar-refractivity contribution is 7.89. The van der Waals surface area contributed by atoms with Crippen molar-refractivity contribution in [1.29, 1.82) is 0 Å². The molecule has 0 spiro atoms. The number of nitrogens with one attached hydrogen (secondary N) is 1. The van der Waals surface area contributed by atoms with Crippen LogP contribution in [0.2, 0.25) is 0 Å². The molecule has 2 rings (SSSR count). The number of amides is 1. The van der Waals surface area contributed by atoms with Crippen LogP contribution in [0.25, 0.3) is 0 Å². The molecular weight excluding hydrogens is 290 g/mol. The number of hydrogen-bond acceptors (Lipinski definition) is 4. The van der Waals surface area contributed by atoms with E-state index in [-0.39, 0.29) is 16.8 Å². The molecule has 0 saturated heterocycles. The molecule has 1 fully saturated rings. The molecule has 1 amide bonds. The van der Waals surface area contributed by atoms with E-state index in [9.17, 15) is 13.2 Å². The van der Waals surface area contributed by atoms with Crippen LogP contribution in [-0.2, 0) is 10.0 Å². The zero-order valence-electron chi connectivity index (χ0n) is 12.2. The predicted molar refractivity (Wildman–Crippen MR) is 80.3 cm³/mol. The Morgan fingerprint density at radius 2 is 1.90 bits per heavy atom. The molecule has 116 valence electrons. The molecular formula is C14H21N3O3S. The van der Waals surface area contributed by atoms with E-state index in [1.165, 1.54) is 29.2 Å². The molecule has 0 heterocycles. The van der Waals surface area contributed by atoms with Gasteiger partial charge in [-0.15, -0.1) is 0 Å². The van der Waals surface area contributed by atoms with Gasteiger partial charge in [-0.1, -0.05) is 0 Å². The summed E-state index contributed by atoms with van der Waals surface area (Å²) in [5, 5.41) is 0. The van der Waals surface area contributed by atoms with Crippen LogP contribution in [0.1, 0.15) is 23.2 Å². The molecule has 0 aromatic heterocycles. The van der Waals surface area contributed by atoms with Crippen molar-refractivity contribution < 1.29 is 13.2 Å². The van der Waals surface area contributed by atoms with Crippen LogP contribution in [0, 0.1) is 5.92 Å².